The number of amides is 2. The highest BCUT2D eigenvalue weighted by atomic mass is 32.1. The Morgan fingerprint density at radius 1 is 0.963 bits per heavy atom. The van der Waals surface area contributed by atoms with Gasteiger partial charge in [-0.05, 0) is 73.3 Å². The molecule has 0 unspecified atom stereocenters. The van der Waals surface area contributed by atoms with Gasteiger partial charge in [-0.3, -0.25) is 9.59 Å². The molecule has 144 valence electrons. The van der Waals surface area contributed by atoms with Crippen molar-refractivity contribution in [2.45, 2.75) is 51.4 Å². The average Bonchev–Trinajstić information content (AvgIpc) is 3.43. The van der Waals surface area contributed by atoms with Crippen molar-refractivity contribution in [2.75, 3.05) is 13.1 Å². The molecule has 5 heteroatoms. The topological polar surface area (TPSA) is 58.2 Å². The Kier molecular flexibility index (Phi) is 5.48. The number of rotatable bonds is 6. The summed E-state index contributed by atoms with van der Waals surface area (Å²) >= 11 is 1.64. The molecular formula is C22H28N2O2S. The summed E-state index contributed by atoms with van der Waals surface area (Å²) in [6.45, 7) is 3.17. The van der Waals surface area contributed by atoms with Crippen molar-refractivity contribution in [1.29, 1.82) is 0 Å². The van der Waals surface area contributed by atoms with Crippen molar-refractivity contribution < 1.29 is 9.59 Å². The molecule has 0 atom stereocenters. The number of nitrogens with one attached hydrogen (secondary N) is 2. The van der Waals surface area contributed by atoms with Crippen LogP contribution in [-0.2, 0) is 4.79 Å². The average molecular weight is 385 g/mol. The van der Waals surface area contributed by atoms with Crippen molar-refractivity contribution in [1.82, 2.24) is 10.6 Å². The SMILES string of the molecule is CC(=O)NCC1CCC(c2c(C(=O)NCC3CC3)sc3ccccc23)CC1. The van der Waals surface area contributed by atoms with E-state index in [0.29, 0.717) is 17.8 Å². The fraction of sp³-hybridized carbons (Fsp3) is 0.545. The quantitative estimate of drug-likeness (QED) is 0.773. The molecule has 0 saturated heterocycles. The van der Waals surface area contributed by atoms with E-state index in [0.717, 1.165) is 43.6 Å². The first-order chi connectivity index (χ1) is 13.1. The minimum Gasteiger partial charge on any atom is -0.356 e. The second-order valence-corrected chi connectivity index (χ2v) is 9.20. The lowest BCUT2D eigenvalue weighted by atomic mass is 9.77. The summed E-state index contributed by atoms with van der Waals surface area (Å²) in [6, 6.07) is 8.43. The van der Waals surface area contributed by atoms with Crippen LogP contribution < -0.4 is 10.6 Å². The van der Waals surface area contributed by atoms with E-state index >= 15 is 0 Å². The van der Waals surface area contributed by atoms with E-state index in [1.54, 1.807) is 18.3 Å². The van der Waals surface area contributed by atoms with E-state index in [4.69, 9.17) is 0 Å². The lowest BCUT2D eigenvalue weighted by Gasteiger charge is -2.29. The molecule has 2 aliphatic carbocycles. The van der Waals surface area contributed by atoms with Crippen molar-refractivity contribution >= 4 is 33.2 Å². The maximum absolute atomic E-state index is 12.9. The van der Waals surface area contributed by atoms with E-state index in [1.165, 1.54) is 28.5 Å². The lowest BCUT2D eigenvalue weighted by molar-refractivity contribution is -0.119. The zero-order valence-electron chi connectivity index (χ0n) is 15.9. The zero-order chi connectivity index (χ0) is 18.8. The first-order valence-corrected chi connectivity index (χ1v) is 11.0. The smallest absolute Gasteiger partial charge is 0.261 e. The van der Waals surface area contributed by atoms with E-state index in [1.807, 2.05) is 0 Å². The predicted molar refractivity (Wildman–Crippen MR) is 110 cm³/mol. The van der Waals surface area contributed by atoms with E-state index in [-0.39, 0.29) is 11.8 Å². The molecule has 0 bridgehead atoms. The highest BCUT2D eigenvalue weighted by Crippen LogP contribution is 2.43. The van der Waals surface area contributed by atoms with Crippen LogP contribution in [0, 0.1) is 11.8 Å². The Hall–Kier alpha value is -1.88. The number of benzene rings is 1. The maximum atomic E-state index is 12.9. The molecule has 2 aromatic rings. The first-order valence-electron chi connectivity index (χ1n) is 10.2. The number of carbonyl (C=O) groups is 2. The minimum absolute atomic E-state index is 0.0515. The minimum atomic E-state index is 0.0515. The Bertz CT molecular complexity index is 832. The van der Waals surface area contributed by atoms with Gasteiger partial charge in [0.25, 0.3) is 5.91 Å². The van der Waals surface area contributed by atoms with E-state index in [9.17, 15) is 9.59 Å². The molecule has 27 heavy (non-hydrogen) atoms. The van der Waals surface area contributed by atoms with Gasteiger partial charge in [0.2, 0.25) is 5.91 Å². The molecule has 2 fully saturated rings. The fourth-order valence-electron chi connectivity index (χ4n) is 4.22. The van der Waals surface area contributed by atoms with Gasteiger partial charge < -0.3 is 10.6 Å². The van der Waals surface area contributed by atoms with Gasteiger partial charge in [-0.2, -0.15) is 0 Å². The largest absolute Gasteiger partial charge is 0.356 e. The Balaban J connectivity index is 1.52. The molecular weight excluding hydrogens is 356 g/mol. The van der Waals surface area contributed by atoms with E-state index < -0.39 is 0 Å². The molecule has 0 radical (unpaired) electrons. The third kappa shape index (κ3) is 4.34. The van der Waals surface area contributed by atoms with Crippen LogP contribution in [0.3, 0.4) is 0 Å². The molecule has 2 amide bonds. The van der Waals surface area contributed by atoms with Crippen LogP contribution >= 0.6 is 11.3 Å². The molecule has 2 saturated carbocycles. The van der Waals surface area contributed by atoms with Gasteiger partial charge in [0.15, 0.2) is 0 Å². The highest BCUT2D eigenvalue weighted by Gasteiger charge is 2.30. The Labute approximate surface area is 164 Å². The van der Waals surface area contributed by atoms with Crippen LogP contribution in [0.1, 0.15) is 66.6 Å². The number of thiophene rings is 1. The van der Waals surface area contributed by atoms with E-state index in [2.05, 4.69) is 34.9 Å². The molecule has 4 nitrogen and oxygen atoms in total. The normalized spacial score (nSPS) is 22.6. The van der Waals surface area contributed by atoms with Crippen LogP contribution in [0.15, 0.2) is 24.3 Å². The van der Waals surface area contributed by atoms with Crippen LogP contribution in [0.25, 0.3) is 10.1 Å². The first kappa shape index (κ1) is 18.5. The van der Waals surface area contributed by atoms with Gasteiger partial charge in [0, 0.05) is 24.7 Å². The standard InChI is InChI=1S/C22H28N2O2S/c1-14(25)23-12-16-8-10-17(11-9-16)20-18-4-2-3-5-19(18)27-21(20)22(26)24-13-15-6-7-15/h2-5,15-17H,6-13H2,1H3,(H,23,25)(H,24,26). The van der Waals surface area contributed by atoms with Gasteiger partial charge in [-0.15, -0.1) is 11.3 Å². The van der Waals surface area contributed by atoms with Crippen molar-refractivity contribution in [2.24, 2.45) is 11.8 Å². The summed E-state index contributed by atoms with van der Waals surface area (Å²) in [7, 11) is 0. The Morgan fingerprint density at radius 3 is 2.26 bits per heavy atom. The van der Waals surface area contributed by atoms with Gasteiger partial charge in [-0.25, -0.2) is 0 Å². The molecule has 4 rings (SSSR count). The fourth-order valence-corrected chi connectivity index (χ4v) is 5.43. The summed E-state index contributed by atoms with van der Waals surface area (Å²) in [5.74, 6) is 1.85. The van der Waals surface area contributed by atoms with Gasteiger partial charge >= 0.3 is 0 Å². The summed E-state index contributed by atoms with van der Waals surface area (Å²) < 4.78 is 1.21. The van der Waals surface area contributed by atoms with Crippen molar-refractivity contribution in [3.63, 3.8) is 0 Å². The molecule has 2 N–H and O–H groups in total. The number of hydrogen-bond acceptors (Lipinski definition) is 3. The van der Waals surface area contributed by atoms with Crippen LogP contribution in [0.5, 0.6) is 0 Å². The number of fused-ring (bicyclic) bond motifs is 1. The molecule has 2 aliphatic rings. The monoisotopic (exact) mass is 384 g/mol. The van der Waals surface area contributed by atoms with Gasteiger partial charge in [0.1, 0.15) is 0 Å². The highest BCUT2D eigenvalue weighted by molar-refractivity contribution is 7.21. The van der Waals surface area contributed by atoms with Gasteiger partial charge in [0.05, 0.1) is 4.88 Å². The molecule has 0 aliphatic heterocycles. The molecule has 1 heterocycles. The molecule has 1 aromatic carbocycles. The summed E-state index contributed by atoms with van der Waals surface area (Å²) in [6.07, 6.45) is 6.90. The number of hydrogen-bond donors (Lipinski definition) is 2. The van der Waals surface area contributed by atoms with Crippen molar-refractivity contribution in [3.8, 4) is 0 Å². The second kappa shape index (κ2) is 8.01. The Morgan fingerprint density at radius 2 is 1.59 bits per heavy atom. The third-order valence-corrected chi connectivity index (χ3v) is 7.17. The molecule has 0 spiro atoms. The van der Waals surface area contributed by atoms with Crippen molar-refractivity contribution in [3.05, 3.63) is 34.7 Å². The predicted octanol–water partition coefficient (Wildman–Crippen LogP) is 4.45. The van der Waals surface area contributed by atoms with Crippen LogP contribution in [-0.4, -0.2) is 24.9 Å². The van der Waals surface area contributed by atoms with Crippen LogP contribution in [0.4, 0.5) is 0 Å². The summed E-state index contributed by atoms with van der Waals surface area (Å²) in [4.78, 5) is 25.0. The number of carbonyl (C=O) groups excluding carboxylic acids is 2. The summed E-state index contributed by atoms with van der Waals surface area (Å²) in [5, 5.41) is 7.38. The summed E-state index contributed by atoms with van der Waals surface area (Å²) in [5.41, 5.74) is 1.27. The second-order valence-electron chi connectivity index (χ2n) is 8.15. The third-order valence-electron chi connectivity index (χ3n) is 5.98. The molecule has 1 aromatic heterocycles. The zero-order valence-corrected chi connectivity index (χ0v) is 16.7. The lowest BCUT2D eigenvalue weighted by Crippen LogP contribution is -2.30. The van der Waals surface area contributed by atoms with Crippen LogP contribution in [0.2, 0.25) is 0 Å². The van der Waals surface area contributed by atoms with Gasteiger partial charge in [-0.1, -0.05) is 18.2 Å². The maximum Gasteiger partial charge on any atom is 0.261 e.